The number of aryl methyl sites for hydroxylation is 2. The van der Waals surface area contributed by atoms with Crippen LogP contribution in [0, 0.1) is 13.8 Å². The summed E-state index contributed by atoms with van der Waals surface area (Å²) < 4.78 is 6.91. The summed E-state index contributed by atoms with van der Waals surface area (Å²) >= 11 is 6.01. The van der Waals surface area contributed by atoms with Crippen LogP contribution in [0.2, 0.25) is 5.02 Å². The molecule has 108 valence electrons. The summed E-state index contributed by atoms with van der Waals surface area (Å²) in [7, 11) is 3.39. The Kier molecular flexibility index (Phi) is 4.09. The molecule has 1 aromatic heterocycles. The SMILES string of the molecule is COc1cc(Cl)cc(CNc2c(C)nn(C)c2C)c1O. The minimum atomic E-state index is 0.101. The van der Waals surface area contributed by atoms with Gasteiger partial charge in [-0.1, -0.05) is 11.6 Å². The number of nitrogens with zero attached hydrogens (tertiary/aromatic N) is 2. The van der Waals surface area contributed by atoms with Crippen molar-refractivity contribution in [2.24, 2.45) is 7.05 Å². The van der Waals surface area contributed by atoms with E-state index in [0.29, 0.717) is 22.9 Å². The summed E-state index contributed by atoms with van der Waals surface area (Å²) in [6, 6.07) is 3.30. The molecule has 0 amide bonds. The van der Waals surface area contributed by atoms with Gasteiger partial charge in [0.05, 0.1) is 24.2 Å². The van der Waals surface area contributed by atoms with Crippen molar-refractivity contribution in [2.75, 3.05) is 12.4 Å². The van der Waals surface area contributed by atoms with Crippen LogP contribution in [0.15, 0.2) is 12.1 Å². The summed E-state index contributed by atoms with van der Waals surface area (Å²) in [5.74, 6) is 0.470. The smallest absolute Gasteiger partial charge is 0.162 e. The van der Waals surface area contributed by atoms with Crippen molar-refractivity contribution in [2.45, 2.75) is 20.4 Å². The Labute approximate surface area is 123 Å². The number of methoxy groups -OCH3 is 1. The van der Waals surface area contributed by atoms with Gasteiger partial charge in [0.2, 0.25) is 0 Å². The number of aromatic hydroxyl groups is 1. The number of hydrogen-bond acceptors (Lipinski definition) is 4. The zero-order valence-corrected chi connectivity index (χ0v) is 12.7. The Morgan fingerprint density at radius 1 is 1.40 bits per heavy atom. The number of anilines is 1. The number of halogens is 1. The van der Waals surface area contributed by atoms with Crippen LogP contribution in [-0.2, 0) is 13.6 Å². The molecule has 5 nitrogen and oxygen atoms in total. The van der Waals surface area contributed by atoms with E-state index >= 15 is 0 Å². The molecule has 1 aromatic carbocycles. The molecule has 1 heterocycles. The lowest BCUT2D eigenvalue weighted by molar-refractivity contribution is 0.371. The van der Waals surface area contributed by atoms with E-state index in [1.54, 1.807) is 12.1 Å². The molecular formula is C14H18ClN3O2. The second-order valence-electron chi connectivity index (χ2n) is 4.64. The number of nitrogens with one attached hydrogen (secondary N) is 1. The van der Waals surface area contributed by atoms with Crippen LogP contribution in [0.5, 0.6) is 11.5 Å². The number of phenols is 1. The van der Waals surface area contributed by atoms with Gasteiger partial charge in [-0.3, -0.25) is 4.68 Å². The van der Waals surface area contributed by atoms with E-state index < -0.39 is 0 Å². The Bertz CT molecular complexity index is 638. The highest BCUT2D eigenvalue weighted by molar-refractivity contribution is 6.30. The van der Waals surface area contributed by atoms with Crippen LogP contribution in [0.1, 0.15) is 17.0 Å². The van der Waals surface area contributed by atoms with Gasteiger partial charge in [-0.25, -0.2) is 0 Å². The van der Waals surface area contributed by atoms with Gasteiger partial charge < -0.3 is 15.2 Å². The lowest BCUT2D eigenvalue weighted by Gasteiger charge is -2.12. The highest BCUT2D eigenvalue weighted by Crippen LogP contribution is 2.34. The number of phenolic OH excluding ortho intramolecular Hbond substituents is 1. The van der Waals surface area contributed by atoms with Crippen molar-refractivity contribution in [3.8, 4) is 11.5 Å². The van der Waals surface area contributed by atoms with Crippen molar-refractivity contribution in [3.63, 3.8) is 0 Å². The fraction of sp³-hybridized carbons (Fsp3) is 0.357. The minimum absolute atomic E-state index is 0.101. The second kappa shape index (κ2) is 5.63. The Hall–Kier alpha value is -1.88. The molecule has 0 radical (unpaired) electrons. The average molecular weight is 296 g/mol. The first-order valence-corrected chi connectivity index (χ1v) is 6.61. The van der Waals surface area contributed by atoms with Gasteiger partial charge in [-0.15, -0.1) is 0 Å². The third kappa shape index (κ3) is 2.67. The highest BCUT2D eigenvalue weighted by Gasteiger charge is 2.13. The summed E-state index contributed by atoms with van der Waals surface area (Å²) in [5, 5.41) is 18.2. The molecule has 0 spiro atoms. The molecule has 0 bridgehead atoms. The van der Waals surface area contributed by atoms with E-state index in [9.17, 15) is 5.11 Å². The van der Waals surface area contributed by atoms with Crippen LogP contribution in [0.25, 0.3) is 0 Å². The van der Waals surface area contributed by atoms with Crippen molar-refractivity contribution in [1.29, 1.82) is 0 Å². The molecule has 0 aliphatic carbocycles. The third-order valence-corrected chi connectivity index (χ3v) is 3.52. The van der Waals surface area contributed by atoms with Gasteiger partial charge in [-0.2, -0.15) is 5.10 Å². The lowest BCUT2D eigenvalue weighted by atomic mass is 10.1. The quantitative estimate of drug-likeness (QED) is 0.910. The molecule has 0 aliphatic rings. The molecular weight excluding hydrogens is 278 g/mol. The number of ether oxygens (including phenoxy) is 1. The van der Waals surface area contributed by atoms with Gasteiger partial charge >= 0.3 is 0 Å². The van der Waals surface area contributed by atoms with Gasteiger partial charge in [0.25, 0.3) is 0 Å². The second-order valence-corrected chi connectivity index (χ2v) is 5.08. The topological polar surface area (TPSA) is 59.3 Å². The van der Waals surface area contributed by atoms with Crippen LogP contribution in [0.4, 0.5) is 5.69 Å². The highest BCUT2D eigenvalue weighted by atomic mass is 35.5. The van der Waals surface area contributed by atoms with Crippen molar-refractivity contribution in [1.82, 2.24) is 9.78 Å². The first kappa shape index (κ1) is 14.5. The zero-order chi connectivity index (χ0) is 14.9. The minimum Gasteiger partial charge on any atom is -0.504 e. The summed E-state index contributed by atoms with van der Waals surface area (Å²) in [6.07, 6.45) is 0. The van der Waals surface area contributed by atoms with E-state index in [2.05, 4.69) is 10.4 Å². The lowest BCUT2D eigenvalue weighted by Crippen LogP contribution is -2.03. The fourth-order valence-electron chi connectivity index (χ4n) is 2.13. The number of hydrogen-bond donors (Lipinski definition) is 2. The summed E-state index contributed by atoms with van der Waals surface area (Å²) in [5.41, 5.74) is 3.59. The predicted octanol–water partition coefficient (Wildman–Crippen LogP) is 3.02. The zero-order valence-electron chi connectivity index (χ0n) is 12.0. The molecule has 0 fully saturated rings. The maximum absolute atomic E-state index is 10.1. The Morgan fingerprint density at radius 2 is 2.10 bits per heavy atom. The van der Waals surface area contributed by atoms with Crippen LogP contribution >= 0.6 is 11.6 Å². The number of benzene rings is 1. The van der Waals surface area contributed by atoms with E-state index in [4.69, 9.17) is 16.3 Å². The molecule has 2 N–H and O–H groups in total. The fourth-order valence-corrected chi connectivity index (χ4v) is 2.36. The van der Waals surface area contributed by atoms with Crippen LogP contribution in [-0.4, -0.2) is 22.0 Å². The molecule has 2 rings (SSSR count). The largest absolute Gasteiger partial charge is 0.504 e. The maximum atomic E-state index is 10.1. The molecule has 2 aromatic rings. The van der Waals surface area contributed by atoms with E-state index in [1.165, 1.54) is 7.11 Å². The molecule has 0 atom stereocenters. The normalized spacial score (nSPS) is 10.7. The summed E-state index contributed by atoms with van der Waals surface area (Å²) in [6.45, 7) is 4.37. The number of aromatic nitrogens is 2. The predicted molar refractivity (Wildman–Crippen MR) is 79.7 cm³/mol. The van der Waals surface area contributed by atoms with Gasteiger partial charge in [0, 0.05) is 30.2 Å². The summed E-state index contributed by atoms with van der Waals surface area (Å²) in [4.78, 5) is 0. The molecule has 0 unspecified atom stereocenters. The first-order valence-electron chi connectivity index (χ1n) is 6.23. The van der Waals surface area contributed by atoms with Crippen molar-refractivity contribution >= 4 is 17.3 Å². The Balaban J connectivity index is 2.25. The van der Waals surface area contributed by atoms with Crippen molar-refractivity contribution in [3.05, 3.63) is 34.1 Å². The standard InChI is InChI=1S/C14H18ClN3O2/c1-8-13(9(2)18(3)17-8)16-7-10-5-11(15)6-12(20-4)14(10)19/h5-6,16,19H,7H2,1-4H3. The van der Waals surface area contributed by atoms with Crippen LogP contribution in [0.3, 0.4) is 0 Å². The maximum Gasteiger partial charge on any atom is 0.162 e. The third-order valence-electron chi connectivity index (χ3n) is 3.30. The van der Waals surface area contributed by atoms with E-state index in [-0.39, 0.29) is 5.75 Å². The molecule has 0 aliphatic heterocycles. The molecule has 20 heavy (non-hydrogen) atoms. The van der Waals surface area contributed by atoms with E-state index in [0.717, 1.165) is 17.1 Å². The average Bonchev–Trinajstić information content (AvgIpc) is 2.64. The Morgan fingerprint density at radius 3 is 2.65 bits per heavy atom. The van der Waals surface area contributed by atoms with Gasteiger partial charge in [0.1, 0.15) is 0 Å². The monoisotopic (exact) mass is 295 g/mol. The molecule has 6 heteroatoms. The van der Waals surface area contributed by atoms with E-state index in [1.807, 2.05) is 25.6 Å². The molecule has 0 saturated carbocycles. The first-order chi connectivity index (χ1) is 9.43. The van der Waals surface area contributed by atoms with Gasteiger partial charge in [0.15, 0.2) is 11.5 Å². The van der Waals surface area contributed by atoms with Gasteiger partial charge in [-0.05, 0) is 19.9 Å². The van der Waals surface area contributed by atoms with Crippen LogP contribution < -0.4 is 10.1 Å². The van der Waals surface area contributed by atoms with Crippen molar-refractivity contribution < 1.29 is 9.84 Å². The molecule has 0 saturated heterocycles. The number of rotatable bonds is 4.